The Kier molecular flexibility index (Phi) is 6.95. The summed E-state index contributed by atoms with van der Waals surface area (Å²) in [6.45, 7) is 9.89. The largest absolute Gasteiger partial charge is 0.458 e. The highest BCUT2D eigenvalue weighted by molar-refractivity contribution is 5.90. The second-order valence-corrected chi connectivity index (χ2v) is 12.6. The fourth-order valence-electron chi connectivity index (χ4n) is 6.11. The second kappa shape index (κ2) is 10.3. The highest BCUT2D eigenvalue weighted by atomic mass is 16.6. The van der Waals surface area contributed by atoms with Crippen molar-refractivity contribution >= 4 is 29.1 Å². The van der Waals surface area contributed by atoms with Crippen molar-refractivity contribution in [3.63, 3.8) is 0 Å². The molecule has 3 aliphatic heterocycles. The van der Waals surface area contributed by atoms with Gasteiger partial charge in [-0.05, 0) is 63.4 Å². The molecule has 0 saturated carbocycles. The van der Waals surface area contributed by atoms with Crippen LogP contribution in [0.4, 0.5) is 9.59 Å². The summed E-state index contributed by atoms with van der Waals surface area (Å²) in [5.41, 5.74) is 1.38. The molecule has 2 amide bonds. The number of rotatable bonds is 4. The summed E-state index contributed by atoms with van der Waals surface area (Å²) in [6.07, 6.45) is -0.261. The first-order valence-electron chi connectivity index (χ1n) is 14.8. The molecule has 2 aromatic heterocycles. The highest BCUT2D eigenvalue weighted by Crippen LogP contribution is 2.40. The van der Waals surface area contributed by atoms with Crippen LogP contribution < -0.4 is 10.3 Å². The number of carbonyl (C=O) groups excluding carboxylic acids is 3. The molecule has 12 nitrogen and oxygen atoms in total. The van der Waals surface area contributed by atoms with Crippen molar-refractivity contribution in [2.75, 3.05) is 20.1 Å². The Morgan fingerprint density at radius 2 is 1.89 bits per heavy atom. The van der Waals surface area contributed by atoms with E-state index in [4.69, 9.17) is 19.2 Å². The molecule has 44 heavy (non-hydrogen) atoms. The SMILES string of the molecule is CCc1c2c(nc3ccc(OC(=O)N(C)C4CN(C(=O)OC(C)(C)C)C4)cc13)-c1cc3c(c(=O)n1C2)COC(=O)[C@]3(O)CC. The zero-order valence-corrected chi connectivity index (χ0v) is 25.7. The molecule has 1 saturated heterocycles. The van der Waals surface area contributed by atoms with Gasteiger partial charge in [0.2, 0.25) is 0 Å². The van der Waals surface area contributed by atoms with Gasteiger partial charge in [-0.3, -0.25) is 4.79 Å². The van der Waals surface area contributed by atoms with Gasteiger partial charge in [0.05, 0.1) is 35.1 Å². The van der Waals surface area contributed by atoms with Crippen LogP contribution in [0.1, 0.15) is 63.3 Å². The van der Waals surface area contributed by atoms with Gasteiger partial charge >= 0.3 is 18.2 Å². The molecular weight excluding hydrogens is 568 g/mol. The number of hydrogen-bond acceptors (Lipinski definition) is 9. The summed E-state index contributed by atoms with van der Waals surface area (Å²) in [4.78, 5) is 59.2. The molecule has 0 radical (unpaired) electrons. The minimum Gasteiger partial charge on any atom is -0.458 e. The highest BCUT2D eigenvalue weighted by Gasteiger charge is 2.45. The van der Waals surface area contributed by atoms with Crippen molar-refractivity contribution in [3.05, 3.63) is 56.9 Å². The van der Waals surface area contributed by atoms with Gasteiger partial charge in [-0.1, -0.05) is 13.8 Å². The number of aromatic nitrogens is 2. The topological polar surface area (TPSA) is 140 Å². The van der Waals surface area contributed by atoms with E-state index in [-0.39, 0.29) is 42.3 Å². The minimum atomic E-state index is -1.89. The summed E-state index contributed by atoms with van der Waals surface area (Å²) in [6, 6.07) is 6.72. The van der Waals surface area contributed by atoms with Crippen LogP contribution >= 0.6 is 0 Å². The molecule has 232 valence electrons. The minimum absolute atomic E-state index is 0.0688. The predicted molar refractivity (Wildman–Crippen MR) is 159 cm³/mol. The van der Waals surface area contributed by atoms with Gasteiger partial charge in [-0.15, -0.1) is 0 Å². The molecular formula is C32H36N4O8. The van der Waals surface area contributed by atoms with Crippen molar-refractivity contribution in [3.8, 4) is 17.1 Å². The van der Waals surface area contributed by atoms with E-state index >= 15 is 0 Å². The van der Waals surface area contributed by atoms with Crippen LogP contribution in [0.3, 0.4) is 0 Å². The Labute approximate surface area is 254 Å². The summed E-state index contributed by atoms with van der Waals surface area (Å²) < 4.78 is 17.9. The van der Waals surface area contributed by atoms with Crippen molar-refractivity contribution in [2.45, 2.75) is 77.9 Å². The predicted octanol–water partition coefficient (Wildman–Crippen LogP) is 3.69. The summed E-state index contributed by atoms with van der Waals surface area (Å²) in [5, 5.41) is 11.9. The lowest BCUT2D eigenvalue weighted by atomic mass is 9.86. The molecule has 12 heteroatoms. The van der Waals surface area contributed by atoms with Crippen LogP contribution in [0, 0.1) is 0 Å². The monoisotopic (exact) mass is 604 g/mol. The third kappa shape index (κ3) is 4.68. The lowest BCUT2D eigenvalue weighted by Crippen LogP contribution is -2.62. The number of fused-ring (bicyclic) bond motifs is 5. The molecule has 0 aliphatic carbocycles. The Hall–Kier alpha value is -4.45. The van der Waals surface area contributed by atoms with Crippen LogP contribution in [-0.2, 0) is 39.4 Å². The molecule has 5 heterocycles. The number of likely N-dealkylation sites (tertiary alicyclic amines) is 1. The molecule has 1 N–H and O–H groups in total. The van der Waals surface area contributed by atoms with Crippen molar-refractivity contribution in [2.24, 2.45) is 0 Å². The molecule has 1 fully saturated rings. The van der Waals surface area contributed by atoms with E-state index in [0.29, 0.717) is 42.2 Å². The van der Waals surface area contributed by atoms with E-state index in [0.717, 1.165) is 16.5 Å². The Bertz CT molecular complexity index is 1790. The van der Waals surface area contributed by atoms with E-state index in [1.54, 1.807) is 68.5 Å². The average Bonchev–Trinajstić information content (AvgIpc) is 3.30. The van der Waals surface area contributed by atoms with E-state index < -0.39 is 29.4 Å². The summed E-state index contributed by atoms with van der Waals surface area (Å²) >= 11 is 0. The fourth-order valence-corrected chi connectivity index (χ4v) is 6.11. The lowest BCUT2D eigenvalue weighted by Gasteiger charge is -2.43. The fraction of sp³-hybridized carbons (Fsp3) is 0.469. The summed E-state index contributed by atoms with van der Waals surface area (Å²) in [5.74, 6) is -0.415. The Morgan fingerprint density at radius 3 is 2.55 bits per heavy atom. The van der Waals surface area contributed by atoms with Gasteiger partial charge in [0.25, 0.3) is 5.56 Å². The molecule has 0 spiro atoms. The quantitative estimate of drug-likeness (QED) is 0.345. The van der Waals surface area contributed by atoms with Crippen molar-refractivity contribution < 1.29 is 33.7 Å². The number of aryl methyl sites for hydroxylation is 1. The van der Waals surface area contributed by atoms with Crippen LogP contribution in [0.25, 0.3) is 22.3 Å². The number of hydrogen-bond donors (Lipinski definition) is 1. The molecule has 1 aromatic carbocycles. The normalized spacial score (nSPS) is 19.1. The maximum absolute atomic E-state index is 13.6. The lowest BCUT2D eigenvalue weighted by molar-refractivity contribution is -0.172. The number of benzene rings is 1. The number of aliphatic hydroxyl groups is 1. The third-order valence-corrected chi connectivity index (χ3v) is 8.69. The molecule has 1 atom stereocenters. The van der Waals surface area contributed by atoms with Gasteiger partial charge in [0, 0.05) is 36.7 Å². The van der Waals surface area contributed by atoms with Gasteiger partial charge in [0.15, 0.2) is 5.60 Å². The second-order valence-electron chi connectivity index (χ2n) is 12.6. The molecule has 6 rings (SSSR count). The van der Waals surface area contributed by atoms with Crippen LogP contribution in [-0.4, -0.2) is 74.4 Å². The maximum atomic E-state index is 13.6. The van der Waals surface area contributed by atoms with E-state index in [1.165, 1.54) is 4.90 Å². The standard InChI is InChI=1S/C32H36N4O8/c1-7-19-20-11-18(43-29(39)34(6)17-13-35(14-17)30(40)44-31(3,4)5)9-10-24(20)33-26-21(19)15-36-25(26)12-23-22(27(36)37)16-42-28(38)32(23,41)8-2/h9-12,17,41H,7-8,13-16H2,1-6H3/t32-/m0/s1. The smallest absolute Gasteiger partial charge is 0.415 e. The van der Waals surface area contributed by atoms with Crippen LogP contribution in [0.15, 0.2) is 29.1 Å². The third-order valence-electron chi connectivity index (χ3n) is 8.69. The summed E-state index contributed by atoms with van der Waals surface area (Å²) in [7, 11) is 1.64. The number of likely N-dealkylation sites (N-methyl/N-ethyl adjacent to an activating group) is 1. The van der Waals surface area contributed by atoms with Gasteiger partial charge in [0.1, 0.15) is 18.0 Å². The van der Waals surface area contributed by atoms with E-state index in [9.17, 15) is 24.3 Å². The number of pyridine rings is 2. The zero-order valence-electron chi connectivity index (χ0n) is 25.7. The van der Waals surface area contributed by atoms with Crippen molar-refractivity contribution in [1.29, 1.82) is 0 Å². The first-order valence-corrected chi connectivity index (χ1v) is 14.8. The average molecular weight is 605 g/mol. The van der Waals surface area contributed by atoms with Gasteiger partial charge in [-0.25, -0.2) is 19.4 Å². The van der Waals surface area contributed by atoms with Crippen LogP contribution in [0.5, 0.6) is 5.75 Å². The first-order chi connectivity index (χ1) is 20.8. The first kappa shape index (κ1) is 29.6. The number of cyclic esters (lactones) is 1. The van der Waals surface area contributed by atoms with E-state index in [2.05, 4.69) is 0 Å². The number of nitrogens with zero attached hydrogens (tertiary/aromatic N) is 4. The van der Waals surface area contributed by atoms with Crippen LogP contribution in [0.2, 0.25) is 0 Å². The van der Waals surface area contributed by atoms with Gasteiger partial charge in [-0.2, -0.15) is 0 Å². The van der Waals surface area contributed by atoms with Gasteiger partial charge < -0.3 is 33.7 Å². The molecule has 0 bridgehead atoms. The maximum Gasteiger partial charge on any atom is 0.415 e. The Morgan fingerprint density at radius 1 is 1.16 bits per heavy atom. The number of carbonyl (C=O) groups is 3. The number of amides is 2. The molecule has 3 aliphatic rings. The zero-order chi connectivity index (χ0) is 31.7. The Balaban J connectivity index is 1.26. The molecule has 3 aromatic rings. The number of ether oxygens (including phenoxy) is 3. The molecule has 0 unspecified atom stereocenters. The number of esters is 1. The van der Waals surface area contributed by atoms with Crippen molar-refractivity contribution in [1.82, 2.24) is 19.4 Å². The van der Waals surface area contributed by atoms with E-state index in [1.807, 2.05) is 6.92 Å².